The molecule has 0 radical (unpaired) electrons. The van der Waals surface area contributed by atoms with Crippen molar-refractivity contribution in [2.45, 2.75) is 38.1 Å². The van der Waals surface area contributed by atoms with Gasteiger partial charge in [0, 0.05) is 9.61 Å². The normalized spacial score (nSPS) is 18.9. The first-order valence-electron chi connectivity index (χ1n) is 6.00. The topological polar surface area (TPSA) is 38.0 Å². The van der Waals surface area contributed by atoms with Crippen molar-refractivity contribution >= 4 is 22.6 Å². The number of rotatable bonds is 4. The monoisotopic (exact) mass is 330 g/mol. The quantitative estimate of drug-likeness (QED) is 0.506. The summed E-state index contributed by atoms with van der Waals surface area (Å²) in [6, 6.07) is 9.20. The van der Waals surface area contributed by atoms with Crippen molar-refractivity contribution in [1.82, 2.24) is 5.43 Å². The fraction of sp³-hybridized carbons (Fsp3) is 0.538. The average molecular weight is 330 g/mol. The molecule has 1 atom stereocenters. The van der Waals surface area contributed by atoms with E-state index in [2.05, 4.69) is 52.3 Å². The molecule has 0 amide bonds. The maximum absolute atomic E-state index is 5.68. The van der Waals surface area contributed by atoms with Gasteiger partial charge in [0.2, 0.25) is 0 Å². The number of halogens is 1. The Kier molecular flexibility index (Phi) is 4.61. The minimum atomic E-state index is 0.447. The Bertz CT molecular complexity index is 317. The lowest BCUT2D eigenvalue weighted by atomic mass is 9.93. The molecular weight excluding hydrogens is 311 g/mol. The molecule has 2 nitrogen and oxygen atoms in total. The first-order valence-corrected chi connectivity index (χ1v) is 7.08. The van der Waals surface area contributed by atoms with E-state index in [0.717, 1.165) is 12.3 Å². The van der Waals surface area contributed by atoms with Crippen LogP contribution in [0.5, 0.6) is 0 Å². The number of hydrazine groups is 1. The highest BCUT2D eigenvalue weighted by atomic mass is 127. The summed E-state index contributed by atoms with van der Waals surface area (Å²) in [6.07, 6.45) is 6.46. The summed E-state index contributed by atoms with van der Waals surface area (Å²) in [6.45, 7) is 0. The molecule has 1 saturated carbocycles. The van der Waals surface area contributed by atoms with Crippen molar-refractivity contribution in [3.63, 3.8) is 0 Å². The van der Waals surface area contributed by atoms with Crippen molar-refractivity contribution in [3.8, 4) is 0 Å². The number of nitrogens with two attached hydrogens (primary N) is 1. The third kappa shape index (κ3) is 3.18. The zero-order valence-corrected chi connectivity index (χ0v) is 11.6. The minimum absolute atomic E-state index is 0.447. The summed E-state index contributed by atoms with van der Waals surface area (Å²) in [7, 11) is 0. The SMILES string of the molecule is NNC(Cc1ccc(I)cc1)C1CCCC1. The van der Waals surface area contributed by atoms with Gasteiger partial charge in [-0.15, -0.1) is 0 Å². The van der Waals surface area contributed by atoms with E-state index in [0.29, 0.717) is 6.04 Å². The van der Waals surface area contributed by atoms with Gasteiger partial charge >= 0.3 is 0 Å². The molecule has 1 aromatic rings. The Balaban J connectivity index is 1.97. The fourth-order valence-corrected chi connectivity index (χ4v) is 2.96. The van der Waals surface area contributed by atoms with E-state index < -0.39 is 0 Å². The summed E-state index contributed by atoms with van der Waals surface area (Å²) < 4.78 is 1.29. The number of nitrogens with one attached hydrogen (secondary N) is 1. The van der Waals surface area contributed by atoms with Gasteiger partial charge in [0.25, 0.3) is 0 Å². The van der Waals surface area contributed by atoms with E-state index in [1.165, 1.54) is 34.8 Å². The second-order valence-corrected chi connectivity index (χ2v) is 5.89. The van der Waals surface area contributed by atoms with Crippen molar-refractivity contribution < 1.29 is 0 Å². The Morgan fingerprint density at radius 2 is 1.88 bits per heavy atom. The molecule has 1 unspecified atom stereocenters. The van der Waals surface area contributed by atoms with Crippen LogP contribution in [0.2, 0.25) is 0 Å². The molecule has 0 spiro atoms. The molecule has 2 rings (SSSR count). The summed E-state index contributed by atoms with van der Waals surface area (Å²) in [5.41, 5.74) is 4.39. The lowest BCUT2D eigenvalue weighted by Crippen LogP contribution is -2.41. The van der Waals surface area contributed by atoms with E-state index in [-0.39, 0.29) is 0 Å². The van der Waals surface area contributed by atoms with Gasteiger partial charge in [0.1, 0.15) is 0 Å². The van der Waals surface area contributed by atoms with Crippen LogP contribution in [-0.2, 0) is 6.42 Å². The molecule has 0 saturated heterocycles. The van der Waals surface area contributed by atoms with Gasteiger partial charge in [-0.25, -0.2) is 0 Å². The van der Waals surface area contributed by atoms with Gasteiger partial charge in [-0.2, -0.15) is 0 Å². The molecule has 16 heavy (non-hydrogen) atoms. The van der Waals surface area contributed by atoms with Crippen LogP contribution >= 0.6 is 22.6 Å². The second-order valence-electron chi connectivity index (χ2n) is 4.65. The van der Waals surface area contributed by atoms with Crippen molar-refractivity contribution in [2.75, 3.05) is 0 Å². The molecule has 1 aromatic carbocycles. The largest absolute Gasteiger partial charge is 0.271 e. The predicted octanol–water partition coefficient (Wildman–Crippen LogP) is 2.86. The molecule has 1 aliphatic rings. The lowest BCUT2D eigenvalue weighted by Gasteiger charge is -2.22. The van der Waals surface area contributed by atoms with Crippen molar-refractivity contribution in [1.29, 1.82) is 0 Å². The van der Waals surface area contributed by atoms with Gasteiger partial charge in [-0.1, -0.05) is 25.0 Å². The zero-order chi connectivity index (χ0) is 11.4. The van der Waals surface area contributed by atoms with Gasteiger partial charge < -0.3 is 0 Å². The van der Waals surface area contributed by atoms with E-state index in [1.54, 1.807) is 0 Å². The summed E-state index contributed by atoms with van der Waals surface area (Å²) in [5, 5.41) is 0. The summed E-state index contributed by atoms with van der Waals surface area (Å²) in [4.78, 5) is 0. The molecule has 0 heterocycles. The molecular formula is C13H19IN2. The van der Waals surface area contributed by atoms with Crippen LogP contribution in [0.15, 0.2) is 24.3 Å². The Morgan fingerprint density at radius 3 is 2.44 bits per heavy atom. The van der Waals surface area contributed by atoms with E-state index in [4.69, 9.17) is 5.84 Å². The molecule has 3 heteroatoms. The van der Waals surface area contributed by atoms with Gasteiger partial charge in [0.05, 0.1) is 0 Å². The Hall–Kier alpha value is -0.130. The molecule has 0 bridgehead atoms. The molecule has 88 valence electrons. The van der Waals surface area contributed by atoms with Gasteiger partial charge in [-0.3, -0.25) is 11.3 Å². The standard InChI is InChI=1S/C13H19IN2/c14-12-7-5-10(6-8-12)9-13(16-15)11-3-1-2-4-11/h5-8,11,13,16H,1-4,9,15H2. The molecule has 3 N–H and O–H groups in total. The molecule has 1 fully saturated rings. The zero-order valence-electron chi connectivity index (χ0n) is 9.45. The van der Waals surface area contributed by atoms with Crippen molar-refractivity contribution in [3.05, 3.63) is 33.4 Å². The maximum Gasteiger partial charge on any atom is 0.0279 e. The van der Waals surface area contributed by atoms with Crippen LogP contribution in [0.4, 0.5) is 0 Å². The van der Waals surface area contributed by atoms with Crippen LogP contribution in [-0.4, -0.2) is 6.04 Å². The fourth-order valence-electron chi connectivity index (χ4n) is 2.60. The number of hydrogen-bond acceptors (Lipinski definition) is 2. The molecule has 1 aliphatic carbocycles. The first-order chi connectivity index (χ1) is 7.79. The predicted molar refractivity (Wildman–Crippen MR) is 75.9 cm³/mol. The van der Waals surface area contributed by atoms with Gasteiger partial charge in [0.15, 0.2) is 0 Å². The summed E-state index contributed by atoms with van der Waals surface area (Å²) in [5.74, 6) is 6.45. The highest BCUT2D eigenvalue weighted by Gasteiger charge is 2.23. The minimum Gasteiger partial charge on any atom is -0.271 e. The highest BCUT2D eigenvalue weighted by molar-refractivity contribution is 14.1. The number of benzene rings is 1. The number of hydrogen-bond donors (Lipinski definition) is 2. The average Bonchev–Trinajstić information content (AvgIpc) is 2.82. The van der Waals surface area contributed by atoms with Crippen LogP contribution in [0.25, 0.3) is 0 Å². The smallest absolute Gasteiger partial charge is 0.0279 e. The molecule has 0 aromatic heterocycles. The lowest BCUT2D eigenvalue weighted by molar-refractivity contribution is 0.361. The van der Waals surface area contributed by atoms with Crippen LogP contribution in [0, 0.1) is 9.49 Å². The molecule has 0 aliphatic heterocycles. The van der Waals surface area contributed by atoms with Crippen LogP contribution in [0.1, 0.15) is 31.2 Å². The van der Waals surface area contributed by atoms with Crippen LogP contribution < -0.4 is 11.3 Å². The van der Waals surface area contributed by atoms with Crippen molar-refractivity contribution in [2.24, 2.45) is 11.8 Å². The second kappa shape index (κ2) is 5.98. The maximum atomic E-state index is 5.68. The van der Waals surface area contributed by atoms with E-state index in [9.17, 15) is 0 Å². The Morgan fingerprint density at radius 1 is 1.25 bits per heavy atom. The first kappa shape index (κ1) is 12.3. The van der Waals surface area contributed by atoms with E-state index >= 15 is 0 Å². The van der Waals surface area contributed by atoms with Crippen LogP contribution in [0.3, 0.4) is 0 Å². The summed E-state index contributed by atoms with van der Waals surface area (Å²) >= 11 is 2.34. The van der Waals surface area contributed by atoms with E-state index in [1.807, 2.05) is 0 Å². The highest BCUT2D eigenvalue weighted by Crippen LogP contribution is 2.28. The Labute approximate surface area is 111 Å². The van der Waals surface area contributed by atoms with Gasteiger partial charge in [-0.05, 0) is 65.5 Å². The third-order valence-electron chi connectivity index (χ3n) is 3.55. The third-order valence-corrected chi connectivity index (χ3v) is 4.27.